The average molecular weight is 448 g/mol. The zero-order valence-electron chi connectivity index (χ0n) is 13.9. The van der Waals surface area contributed by atoms with Gasteiger partial charge in [-0.05, 0) is 24.8 Å². The number of hydrogen-bond donors (Lipinski definition) is 1. The first-order chi connectivity index (χ1) is 11.2. The molecule has 1 fully saturated rings. The Kier molecular flexibility index (Phi) is 9.62. The van der Waals surface area contributed by atoms with Crippen molar-refractivity contribution in [3.63, 3.8) is 0 Å². The van der Waals surface area contributed by atoms with Crippen molar-refractivity contribution in [1.29, 1.82) is 0 Å². The van der Waals surface area contributed by atoms with Gasteiger partial charge >= 0.3 is 0 Å². The topological polar surface area (TPSA) is 80.0 Å². The summed E-state index contributed by atoms with van der Waals surface area (Å²) >= 11 is 0. The monoisotopic (exact) mass is 448 g/mol. The van der Waals surface area contributed by atoms with Gasteiger partial charge in [-0.2, -0.15) is 0 Å². The van der Waals surface area contributed by atoms with Crippen LogP contribution in [0.5, 0.6) is 0 Å². The molecule has 1 heterocycles. The molecule has 0 aliphatic carbocycles. The van der Waals surface area contributed by atoms with Crippen LogP contribution in [0.1, 0.15) is 24.8 Å². The van der Waals surface area contributed by atoms with E-state index in [1.165, 1.54) is 25.0 Å². The first-order valence-corrected chi connectivity index (χ1v) is 7.96. The number of benzene rings is 1. The molecular weight excluding hydrogens is 423 g/mol. The molecule has 1 aromatic rings. The van der Waals surface area contributed by atoms with Crippen molar-refractivity contribution in [2.45, 2.75) is 25.8 Å². The van der Waals surface area contributed by atoms with Gasteiger partial charge in [0.05, 0.1) is 11.5 Å². The Hall–Kier alpha value is -1.42. The van der Waals surface area contributed by atoms with Gasteiger partial charge < -0.3 is 15.0 Å². The Balaban J connectivity index is 0.00000288. The van der Waals surface area contributed by atoms with Gasteiger partial charge in [-0.15, -0.1) is 24.0 Å². The minimum absolute atomic E-state index is 0. The Morgan fingerprint density at radius 1 is 1.33 bits per heavy atom. The predicted molar refractivity (Wildman–Crippen MR) is 105 cm³/mol. The highest BCUT2D eigenvalue weighted by Crippen LogP contribution is 2.13. The second-order valence-corrected chi connectivity index (χ2v) is 5.53. The highest BCUT2D eigenvalue weighted by molar-refractivity contribution is 14.0. The van der Waals surface area contributed by atoms with Crippen LogP contribution in [0.25, 0.3) is 0 Å². The van der Waals surface area contributed by atoms with Crippen molar-refractivity contribution in [3.05, 3.63) is 39.9 Å². The number of ether oxygens (including phenoxy) is 1. The van der Waals surface area contributed by atoms with E-state index in [9.17, 15) is 10.1 Å². The molecule has 1 N–H and O–H groups in total. The molecule has 0 aromatic heterocycles. The largest absolute Gasteiger partial charge is 0.385 e. The second kappa shape index (κ2) is 11.2. The van der Waals surface area contributed by atoms with E-state index in [0.717, 1.165) is 44.2 Å². The standard InChI is InChI=1S/C16H24N4O3.HI/c1-23-12-4-9-17-16(19-10-2-3-11-19)18-13-14-5-7-15(8-6-14)20(21)22;/h5-8H,2-4,9-13H2,1H3,(H,17,18);1H. The number of likely N-dealkylation sites (tertiary alicyclic amines) is 1. The summed E-state index contributed by atoms with van der Waals surface area (Å²) in [5.41, 5.74) is 1.07. The van der Waals surface area contributed by atoms with Gasteiger partial charge in [-0.25, -0.2) is 4.99 Å². The molecule has 1 aliphatic rings. The van der Waals surface area contributed by atoms with Gasteiger partial charge in [-0.3, -0.25) is 10.1 Å². The number of methoxy groups -OCH3 is 1. The molecule has 0 unspecified atom stereocenters. The summed E-state index contributed by atoms with van der Waals surface area (Å²) in [5.74, 6) is 0.914. The van der Waals surface area contributed by atoms with E-state index in [4.69, 9.17) is 4.74 Å². The summed E-state index contributed by atoms with van der Waals surface area (Å²) in [6, 6.07) is 6.56. The zero-order chi connectivity index (χ0) is 16.5. The minimum Gasteiger partial charge on any atom is -0.385 e. The number of nitrogens with one attached hydrogen (secondary N) is 1. The maximum atomic E-state index is 10.7. The number of nitrogens with zero attached hydrogens (tertiary/aromatic N) is 3. The summed E-state index contributed by atoms with van der Waals surface area (Å²) in [5, 5.41) is 14.1. The van der Waals surface area contributed by atoms with E-state index in [2.05, 4.69) is 15.2 Å². The molecule has 2 rings (SSSR count). The molecule has 1 aromatic carbocycles. The summed E-state index contributed by atoms with van der Waals surface area (Å²) in [6.45, 7) is 4.11. The quantitative estimate of drug-likeness (QED) is 0.173. The second-order valence-electron chi connectivity index (χ2n) is 5.53. The normalized spacial score (nSPS) is 14.4. The first-order valence-electron chi connectivity index (χ1n) is 7.96. The van der Waals surface area contributed by atoms with Crippen LogP contribution in [0.4, 0.5) is 5.69 Å². The lowest BCUT2D eigenvalue weighted by Crippen LogP contribution is -2.40. The van der Waals surface area contributed by atoms with Gasteiger partial charge in [0.1, 0.15) is 0 Å². The van der Waals surface area contributed by atoms with Crippen LogP contribution in [0.2, 0.25) is 0 Å². The van der Waals surface area contributed by atoms with Crippen molar-refractivity contribution in [1.82, 2.24) is 10.2 Å². The van der Waals surface area contributed by atoms with Crippen LogP contribution in [-0.4, -0.2) is 49.1 Å². The van der Waals surface area contributed by atoms with Crippen molar-refractivity contribution in [2.75, 3.05) is 33.4 Å². The highest BCUT2D eigenvalue weighted by atomic mass is 127. The first kappa shape index (κ1) is 20.6. The molecule has 134 valence electrons. The number of hydrogen-bond acceptors (Lipinski definition) is 4. The van der Waals surface area contributed by atoms with Crippen LogP contribution < -0.4 is 5.32 Å². The van der Waals surface area contributed by atoms with Gasteiger partial charge in [0.15, 0.2) is 5.96 Å². The Morgan fingerprint density at radius 2 is 2.00 bits per heavy atom. The number of halogens is 1. The smallest absolute Gasteiger partial charge is 0.269 e. The van der Waals surface area contributed by atoms with E-state index in [0.29, 0.717) is 6.54 Å². The number of nitro groups is 1. The van der Waals surface area contributed by atoms with Crippen LogP contribution in [0, 0.1) is 10.1 Å². The Morgan fingerprint density at radius 3 is 2.58 bits per heavy atom. The van der Waals surface area contributed by atoms with Gasteiger partial charge in [0.25, 0.3) is 5.69 Å². The number of rotatable bonds is 7. The summed E-state index contributed by atoms with van der Waals surface area (Å²) in [7, 11) is 1.70. The molecule has 0 radical (unpaired) electrons. The van der Waals surface area contributed by atoms with Crippen LogP contribution in [0.3, 0.4) is 0 Å². The third kappa shape index (κ3) is 6.60. The molecule has 24 heavy (non-hydrogen) atoms. The summed E-state index contributed by atoms with van der Waals surface area (Å²) < 4.78 is 5.06. The lowest BCUT2D eigenvalue weighted by atomic mass is 10.2. The SMILES string of the molecule is COCCCNC(=NCc1ccc([N+](=O)[O-])cc1)N1CCCC1.I. The van der Waals surface area contributed by atoms with Gasteiger partial charge in [0.2, 0.25) is 0 Å². The number of non-ortho nitro benzene ring substituents is 1. The molecule has 0 amide bonds. The average Bonchev–Trinajstić information content (AvgIpc) is 3.09. The fourth-order valence-corrected chi connectivity index (χ4v) is 2.50. The number of guanidine groups is 1. The minimum atomic E-state index is -0.389. The zero-order valence-corrected chi connectivity index (χ0v) is 16.3. The van der Waals surface area contributed by atoms with Gasteiger partial charge in [-0.1, -0.05) is 12.1 Å². The fourth-order valence-electron chi connectivity index (χ4n) is 2.50. The molecular formula is C16H25IN4O3. The molecule has 0 spiro atoms. The van der Waals surface area contributed by atoms with Crippen molar-refractivity contribution >= 4 is 35.6 Å². The van der Waals surface area contributed by atoms with Crippen molar-refractivity contribution in [2.24, 2.45) is 4.99 Å². The fraction of sp³-hybridized carbons (Fsp3) is 0.562. The van der Waals surface area contributed by atoms with Crippen molar-refractivity contribution < 1.29 is 9.66 Å². The highest BCUT2D eigenvalue weighted by Gasteiger charge is 2.15. The summed E-state index contributed by atoms with van der Waals surface area (Å²) in [6.07, 6.45) is 3.31. The van der Waals surface area contributed by atoms with Crippen LogP contribution >= 0.6 is 24.0 Å². The molecule has 8 heteroatoms. The van der Waals surface area contributed by atoms with E-state index in [1.54, 1.807) is 19.2 Å². The number of nitro benzene ring substituents is 1. The maximum Gasteiger partial charge on any atom is 0.269 e. The Bertz CT molecular complexity index is 531. The lowest BCUT2D eigenvalue weighted by molar-refractivity contribution is -0.384. The van der Waals surface area contributed by atoms with Gasteiger partial charge in [0, 0.05) is 45.5 Å². The van der Waals surface area contributed by atoms with Crippen LogP contribution in [0.15, 0.2) is 29.3 Å². The van der Waals surface area contributed by atoms with Crippen LogP contribution in [-0.2, 0) is 11.3 Å². The third-order valence-corrected chi connectivity index (χ3v) is 3.77. The van der Waals surface area contributed by atoms with E-state index in [-0.39, 0.29) is 34.6 Å². The molecule has 7 nitrogen and oxygen atoms in total. The predicted octanol–water partition coefficient (Wildman–Crippen LogP) is 2.79. The van der Waals surface area contributed by atoms with E-state index in [1.807, 2.05) is 0 Å². The molecule has 0 atom stereocenters. The molecule has 0 bridgehead atoms. The van der Waals surface area contributed by atoms with Crippen molar-refractivity contribution in [3.8, 4) is 0 Å². The lowest BCUT2D eigenvalue weighted by Gasteiger charge is -2.21. The number of aliphatic imine (C=N–C) groups is 1. The van der Waals surface area contributed by atoms with E-state index < -0.39 is 0 Å². The molecule has 0 saturated carbocycles. The summed E-state index contributed by atoms with van der Waals surface area (Å²) in [4.78, 5) is 17.2. The molecule has 1 saturated heterocycles. The van der Waals surface area contributed by atoms with E-state index >= 15 is 0 Å². The third-order valence-electron chi connectivity index (χ3n) is 3.77. The Labute approximate surface area is 159 Å². The molecule has 1 aliphatic heterocycles. The maximum absolute atomic E-state index is 10.7.